The molecule has 0 radical (unpaired) electrons. The molecule has 0 amide bonds. The summed E-state index contributed by atoms with van der Waals surface area (Å²) in [5.74, 6) is 0. The van der Waals surface area contributed by atoms with Crippen molar-refractivity contribution in [1.82, 2.24) is 0 Å². The average Bonchev–Trinajstić information content (AvgIpc) is 2.85. The molecule has 0 aliphatic rings. The van der Waals surface area contributed by atoms with E-state index in [1.807, 2.05) is 25.2 Å². The van der Waals surface area contributed by atoms with Crippen molar-refractivity contribution in [3.05, 3.63) is 46.2 Å². The molecule has 1 aromatic heterocycles. The Kier molecular flexibility index (Phi) is 3.85. The summed E-state index contributed by atoms with van der Waals surface area (Å²) in [4.78, 5) is 2.16. The normalized spacial score (nSPS) is 10.0. The van der Waals surface area contributed by atoms with Crippen LogP contribution in [0.1, 0.15) is 11.1 Å². The van der Waals surface area contributed by atoms with E-state index in [0.717, 1.165) is 17.8 Å². The van der Waals surface area contributed by atoms with Gasteiger partial charge >= 0.3 is 0 Å². The number of benzene rings is 1. The second kappa shape index (κ2) is 5.56. The molecule has 0 atom stereocenters. The second-order valence-corrected chi connectivity index (χ2v) is 4.99. The Morgan fingerprint density at radius 1 is 1.39 bits per heavy atom. The third kappa shape index (κ3) is 2.82. The predicted octanol–water partition coefficient (Wildman–Crippen LogP) is 3.03. The molecule has 0 saturated carbocycles. The monoisotopic (exact) mass is 257 g/mol. The molecule has 2 aromatic rings. The van der Waals surface area contributed by atoms with Gasteiger partial charge in [-0.1, -0.05) is 0 Å². The number of rotatable bonds is 4. The van der Waals surface area contributed by atoms with Crippen LogP contribution in [0.25, 0.3) is 0 Å². The topological polar surface area (TPSA) is 53.0 Å². The van der Waals surface area contributed by atoms with Crippen LogP contribution in [0, 0.1) is 11.3 Å². The van der Waals surface area contributed by atoms with Gasteiger partial charge in [-0.3, -0.25) is 0 Å². The number of hydrogen-bond donors (Lipinski definition) is 1. The first kappa shape index (κ1) is 12.5. The predicted molar refractivity (Wildman–Crippen MR) is 76.6 cm³/mol. The van der Waals surface area contributed by atoms with E-state index >= 15 is 0 Å². The zero-order valence-corrected chi connectivity index (χ0v) is 11.1. The summed E-state index contributed by atoms with van der Waals surface area (Å²) in [7, 11) is 2.04. The van der Waals surface area contributed by atoms with Crippen LogP contribution in [0.3, 0.4) is 0 Å². The highest BCUT2D eigenvalue weighted by molar-refractivity contribution is 7.07. The van der Waals surface area contributed by atoms with E-state index in [-0.39, 0.29) is 0 Å². The quantitative estimate of drug-likeness (QED) is 0.856. The average molecular weight is 257 g/mol. The minimum absolute atomic E-state index is 0.353. The minimum Gasteiger partial charge on any atom is -0.398 e. The van der Waals surface area contributed by atoms with Gasteiger partial charge in [0.25, 0.3) is 0 Å². The van der Waals surface area contributed by atoms with E-state index in [1.165, 1.54) is 5.56 Å². The SMILES string of the molecule is CN(Cc1ccsc1)c1ccc(N)c(CC#N)c1. The minimum atomic E-state index is 0.353. The number of thiophene rings is 1. The lowest BCUT2D eigenvalue weighted by atomic mass is 10.1. The van der Waals surface area contributed by atoms with Crippen LogP contribution in [0.2, 0.25) is 0 Å². The lowest BCUT2D eigenvalue weighted by Crippen LogP contribution is -2.16. The third-order valence-corrected chi connectivity index (χ3v) is 3.57. The van der Waals surface area contributed by atoms with E-state index in [9.17, 15) is 0 Å². The summed E-state index contributed by atoms with van der Waals surface area (Å²) in [5, 5.41) is 13.0. The van der Waals surface area contributed by atoms with Gasteiger partial charge in [0.2, 0.25) is 0 Å². The first-order chi connectivity index (χ1) is 8.70. The molecule has 1 aromatic carbocycles. The van der Waals surface area contributed by atoms with E-state index in [0.29, 0.717) is 12.1 Å². The fourth-order valence-electron chi connectivity index (χ4n) is 1.82. The maximum atomic E-state index is 8.76. The smallest absolute Gasteiger partial charge is 0.0670 e. The largest absolute Gasteiger partial charge is 0.398 e. The summed E-state index contributed by atoms with van der Waals surface area (Å²) in [6.07, 6.45) is 0.353. The Hall–Kier alpha value is -1.99. The van der Waals surface area contributed by atoms with Crippen LogP contribution in [0.4, 0.5) is 11.4 Å². The van der Waals surface area contributed by atoms with Crippen molar-refractivity contribution in [2.45, 2.75) is 13.0 Å². The fourth-order valence-corrected chi connectivity index (χ4v) is 2.48. The Bertz CT molecular complexity index is 555. The van der Waals surface area contributed by atoms with Gasteiger partial charge in [0.15, 0.2) is 0 Å². The Morgan fingerprint density at radius 2 is 2.22 bits per heavy atom. The van der Waals surface area contributed by atoms with Gasteiger partial charge in [-0.15, -0.1) is 0 Å². The number of nitrogens with two attached hydrogens (primary N) is 1. The highest BCUT2D eigenvalue weighted by Crippen LogP contribution is 2.22. The van der Waals surface area contributed by atoms with Crippen molar-refractivity contribution in [1.29, 1.82) is 5.26 Å². The first-order valence-corrected chi connectivity index (χ1v) is 6.62. The number of nitriles is 1. The summed E-state index contributed by atoms with van der Waals surface area (Å²) in [6, 6.07) is 10.1. The van der Waals surface area contributed by atoms with Crippen molar-refractivity contribution in [2.24, 2.45) is 0 Å². The lowest BCUT2D eigenvalue weighted by Gasteiger charge is -2.19. The van der Waals surface area contributed by atoms with Gasteiger partial charge in [0, 0.05) is 25.0 Å². The molecular weight excluding hydrogens is 242 g/mol. The van der Waals surface area contributed by atoms with Crippen molar-refractivity contribution in [3.63, 3.8) is 0 Å². The Balaban J connectivity index is 2.17. The van der Waals surface area contributed by atoms with Crippen LogP contribution < -0.4 is 10.6 Å². The van der Waals surface area contributed by atoms with E-state index in [1.54, 1.807) is 11.3 Å². The molecule has 3 nitrogen and oxygen atoms in total. The van der Waals surface area contributed by atoms with Gasteiger partial charge in [0.1, 0.15) is 0 Å². The zero-order chi connectivity index (χ0) is 13.0. The summed E-state index contributed by atoms with van der Waals surface area (Å²) < 4.78 is 0. The highest BCUT2D eigenvalue weighted by Gasteiger charge is 2.06. The number of hydrogen-bond acceptors (Lipinski definition) is 4. The molecule has 1 heterocycles. The van der Waals surface area contributed by atoms with Crippen molar-refractivity contribution in [3.8, 4) is 6.07 Å². The standard InChI is InChI=1S/C14H15N3S/c1-17(9-11-5-7-18-10-11)13-2-3-14(16)12(8-13)4-6-15/h2-3,5,7-8,10H,4,9,16H2,1H3. The molecule has 2 N–H and O–H groups in total. The van der Waals surface area contributed by atoms with E-state index in [2.05, 4.69) is 27.8 Å². The molecule has 0 aliphatic heterocycles. The zero-order valence-electron chi connectivity index (χ0n) is 10.3. The first-order valence-electron chi connectivity index (χ1n) is 5.68. The molecule has 0 saturated heterocycles. The molecule has 0 aliphatic carbocycles. The van der Waals surface area contributed by atoms with Gasteiger partial charge in [-0.2, -0.15) is 16.6 Å². The van der Waals surface area contributed by atoms with Crippen molar-refractivity contribution >= 4 is 22.7 Å². The van der Waals surface area contributed by atoms with Gasteiger partial charge in [-0.25, -0.2) is 0 Å². The molecular formula is C14H15N3S. The number of nitrogens with zero attached hydrogens (tertiary/aromatic N) is 2. The third-order valence-electron chi connectivity index (χ3n) is 2.84. The summed E-state index contributed by atoms with van der Waals surface area (Å²) in [5.41, 5.74) is 9.80. The van der Waals surface area contributed by atoms with Gasteiger partial charge in [0.05, 0.1) is 12.5 Å². The number of nitrogen functional groups attached to an aromatic ring is 1. The van der Waals surface area contributed by atoms with Crippen LogP contribution >= 0.6 is 11.3 Å². The Labute approximate surface area is 111 Å². The van der Waals surface area contributed by atoms with Gasteiger partial charge in [-0.05, 0) is 46.2 Å². The van der Waals surface area contributed by atoms with Crippen molar-refractivity contribution < 1.29 is 0 Å². The molecule has 92 valence electrons. The molecule has 0 spiro atoms. The van der Waals surface area contributed by atoms with Crippen LogP contribution in [0.5, 0.6) is 0 Å². The summed E-state index contributed by atoms with van der Waals surface area (Å²) >= 11 is 1.70. The van der Waals surface area contributed by atoms with E-state index in [4.69, 9.17) is 11.0 Å². The summed E-state index contributed by atoms with van der Waals surface area (Å²) in [6.45, 7) is 0.861. The lowest BCUT2D eigenvalue weighted by molar-refractivity contribution is 0.926. The fraction of sp³-hybridized carbons (Fsp3) is 0.214. The Morgan fingerprint density at radius 3 is 2.89 bits per heavy atom. The molecule has 0 bridgehead atoms. The van der Waals surface area contributed by atoms with Crippen LogP contribution in [-0.2, 0) is 13.0 Å². The highest BCUT2D eigenvalue weighted by atomic mass is 32.1. The molecule has 0 unspecified atom stereocenters. The molecule has 4 heteroatoms. The molecule has 2 rings (SSSR count). The maximum absolute atomic E-state index is 8.76. The van der Waals surface area contributed by atoms with E-state index < -0.39 is 0 Å². The van der Waals surface area contributed by atoms with Crippen LogP contribution in [-0.4, -0.2) is 7.05 Å². The van der Waals surface area contributed by atoms with Crippen molar-refractivity contribution in [2.75, 3.05) is 17.7 Å². The second-order valence-electron chi connectivity index (χ2n) is 4.21. The molecule has 0 fully saturated rings. The maximum Gasteiger partial charge on any atom is 0.0670 e. The van der Waals surface area contributed by atoms with Crippen LogP contribution in [0.15, 0.2) is 35.0 Å². The molecule has 18 heavy (non-hydrogen) atoms. The van der Waals surface area contributed by atoms with Gasteiger partial charge < -0.3 is 10.6 Å². The number of anilines is 2.